The second-order valence-electron chi connectivity index (χ2n) is 3.83. The van der Waals surface area contributed by atoms with Crippen molar-refractivity contribution in [3.05, 3.63) is 30.3 Å². The summed E-state index contributed by atoms with van der Waals surface area (Å²) >= 11 is 0. The standard InChI is InChI=1S/C12H15NO2/c14-9-11-7-4-8-12(15)13(11)10-5-2-1-3-6-10/h1-3,5-6,11,14H,4,7-9H2/t11-/m0/s1. The number of hydrogen-bond donors (Lipinski definition) is 1. The summed E-state index contributed by atoms with van der Waals surface area (Å²) in [6, 6.07) is 9.51. The maximum Gasteiger partial charge on any atom is 0.227 e. The van der Waals surface area contributed by atoms with Crippen LogP contribution < -0.4 is 4.90 Å². The van der Waals surface area contributed by atoms with Crippen LogP contribution in [0, 0.1) is 0 Å². The van der Waals surface area contributed by atoms with Crippen LogP contribution in [0.2, 0.25) is 0 Å². The van der Waals surface area contributed by atoms with Crippen molar-refractivity contribution in [2.75, 3.05) is 11.5 Å². The predicted octanol–water partition coefficient (Wildman–Crippen LogP) is 1.56. The average molecular weight is 205 g/mol. The molecule has 0 unspecified atom stereocenters. The van der Waals surface area contributed by atoms with Gasteiger partial charge in [0.25, 0.3) is 0 Å². The lowest BCUT2D eigenvalue weighted by Crippen LogP contribution is -2.45. The number of benzene rings is 1. The third-order valence-corrected chi connectivity index (χ3v) is 2.81. The Balaban J connectivity index is 2.27. The van der Waals surface area contributed by atoms with Crippen LogP contribution in [0.5, 0.6) is 0 Å². The maximum absolute atomic E-state index is 11.8. The third-order valence-electron chi connectivity index (χ3n) is 2.81. The number of hydrogen-bond acceptors (Lipinski definition) is 2. The van der Waals surface area contributed by atoms with Crippen LogP contribution >= 0.6 is 0 Å². The highest BCUT2D eigenvalue weighted by atomic mass is 16.3. The molecular weight excluding hydrogens is 190 g/mol. The number of para-hydroxylation sites is 1. The van der Waals surface area contributed by atoms with E-state index in [1.165, 1.54) is 0 Å². The highest BCUT2D eigenvalue weighted by Gasteiger charge is 2.28. The number of aliphatic hydroxyl groups is 1. The van der Waals surface area contributed by atoms with Gasteiger partial charge in [-0.3, -0.25) is 4.79 Å². The second kappa shape index (κ2) is 4.45. The fourth-order valence-electron chi connectivity index (χ4n) is 2.06. The van der Waals surface area contributed by atoms with Crippen LogP contribution in [0.1, 0.15) is 19.3 Å². The molecule has 1 atom stereocenters. The van der Waals surface area contributed by atoms with Crippen LogP contribution in [-0.2, 0) is 4.79 Å². The number of piperidine rings is 1. The molecule has 1 saturated heterocycles. The molecule has 1 aromatic carbocycles. The lowest BCUT2D eigenvalue weighted by Gasteiger charge is -2.34. The van der Waals surface area contributed by atoms with Gasteiger partial charge in [0.15, 0.2) is 0 Å². The van der Waals surface area contributed by atoms with Gasteiger partial charge >= 0.3 is 0 Å². The first-order valence-corrected chi connectivity index (χ1v) is 5.31. The summed E-state index contributed by atoms with van der Waals surface area (Å²) in [5, 5.41) is 9.25. The minimum absolute atomic E-state index is 0.0423. The molecule has 1 aromatic rings. The molecule has 3 heteroatoms. The van der Waals surface area contributed by atoms with E-state index in [1.54, 1.807) is 4.90 Å². The first kappa shape index (κ1) is 10.2. The zero-order chi connectivity index (χ0) is 10.7. The molecule has 2 rings (SSSR count). The Bertz CT molecular complexity index is 337. The minimum Gasteiger partial charge on any atom is -0.394 e. The van der Waals surface area contributed by atoms with Gasteiger partial charge in [-0.15, -0.1) is 0 Å². The summed E-state index contributed by atoms with van der Waals surface area (Å²) < 4.78 is 0. The zero-order valence-electron chi connectivity index (χ0n) is 8.60. The van der Waals surface area contributed by atoms with E-state index in [4.69, 9.17) is 0 Å². The van der Waals surface area contributed by atoms with Gasteiger partial charge in [-0.25, -0.2) is 0 Å². The van der Waals surface area contributed by atoms with Gasteiger partial charge < -0.3 is 10.0 Å². The summed E-state index contributed by atoms with van der Waals surface area (Å²) in [7, 11) is 0. The van der Waals surface area contributed by atoms with E-state index in [-0.39, 0.29) is 18.6 Å². The molecule has 80 valence electrons. The van der Waals surface area contributed by atoms with Crippen LogP contribution in [0.4, 0.5) is 5.69 Å². The number of nitrogens with zero attached hydrogens (tertiary/aromatic N) is 1. The smallest absolute Gasteiger partial charge is 0.227 e. The van der Waals surface area contributed by atoms with E-state index in [0.29, 0.717) is 6.42 Å². The molecular formula is C12H15NO2. The van der Waals surface area contributed by atoms with E-state index in [2.05, 4.69) is 0 Å². The lowest BCUT2D eigenvalue weighted by molar-refractivity contribution is -0.120. The molecule has 3 nitrogen and oxygen atoms in total. The number of anilines is 1. The summed E-state index contributed by atoms with van der Waals surface area (Å²) in [5.74, 6) is 0.117. The molecule has 1 fully saturated rings. The van der Waals surface area contributed by atoms with Crippen molar-refractivity contribution in [3.63, 3.8) is 0 Å². The zero-order valence-corrected chi connectivity index (χ0v) is 8.60. The Kier molecular flexibility index (Phi) is 3.02. The van der Waals surface area contributed by atoms with E-state index in [9.17, 15) is 9.90 Å². The summed E-state index contributed by atoms with van der Waals surface area (Å²) in [4.78, 5) is 13.5. The average Bonchev–Trinajstić information content (AvgIpc) is 2.29. The Morgan fingerprint density at radius 1 is 1.33 bits per heavy atom. The van der Waals surface area contributed by atoms with Gasteiger partial charge in [0.05, 0.1) is 12.6 Å². The van der Waals surface area contributed by atoms with Crippen molar-refractivity contribution in [2.45, 2.75) is 25.3 Å². The second-order valence-corrected chi connectivity index (χ2v) is 3.83. The Labute approximate surface area is 89.3 Å². The van der Waals surface area contributed by atoms with Gasteiger partial charge in [-0.2, -0.15) is 0 Å². The first-order chi connectivity index (χ1) is 7.33. The van der Waals surface area contributed by atoms with E-state index in [0.717, 1.165) is 18.5 Å². The van der Waals surface area contributed by atoms with E-state index >= 15 is 0 Å². The topological polar surface area (TPSA) is 40.5 Å². The normalized spacial score (nSPS) is 21.8. The SMILES string of the molecule is O=C1CCC[C@@H](CO)N1c1ccccc1. The number of aliphatic hydroxyl groups excluding tert-OH is 1. The van der Waals surface area contributed by atoms with Gasteiger partial charge in [-0.05, 0) is 25.0 Å². The van der Waals surface area contributed by atoms with Crippen LogP contribution in [0.3, 0.4) is 0 Å². The molecule has 0 spiro atoms. The van der Waals surface area contributed by atoms with Crippen LogP contribution in [0.25, 0.3) is 0 Å². The minimum atomic E-state index is -0.0475. The number of carbonyl (C=O) groups is 1. The number of amides is 1. The van der Waals surface area contributed by atoms with E-state index < -0.39 is 0 Å². The molecule has 0 radical (unpaired) electrons. The highest BCUT2D eigenvalue weighted by Crippen LogP contribution is 2.24. The maximum atomic E-state index is 11.8. The van der Waals surface area contributed by atoms with Crippen LogP contribution in [-0.4, -0.2) is 23.7 Å². The Hall–Kier alpha value is -1.35. The van der Waals surface area contributed by atoms with Gasteiger partial charge in [0.2, 0.25) is 5.91 Å². The molecule has 1 aliphatic heterocycles. The lowest BCUT2D eigenvalue weighted by atomic mass is 10.0. The summed E-state index contributed by atoms with van der Waals surface area (Å²) in [6.45, 7) is 0.0423. The molecule has 1 heterocycles. The van der Waals surface area contributed by atoms with Gasteiger partial charge in [0.1, 0.15) is 0 Å². The molecule has 0 aromatic heterocycles. The largest absolute Gasteiger partial charge is 0.394 e. The summed E-state index contributed by atoms with van der Waals surface area (Å²) in [6.07, 6.45) is 2.36. The predicted molar refractivity (Wildman–Crippen MR) is 58.7 cm³/mol. The fourth-order valence-corrected chi connectivity index (χ4v) is 2.06. The van der Waals surface area contributed by atoms with Crippen molar-refractivity contribution < 1.29 is 9.90 Å². The van der Waals surface area contributed by atoms with Crippen molar-refractivity contribution in [1.82, 2.24) is 0 Å². The molecule has 1 aliphatic rings. The summed E-state index contributed by atoms with van der Waals surface area (Å²) in [5.41, 5.74) is 0.890. The van der Waals surface area contributed by atoms with Crippen molar-refractivity contribution in [2.24, 2.45) is 0 Å². The Morgan fingerprint density at radius 2 is 2.07 bits per heavy atom. The fraction of sp³-hybridized carbons (Fsp3) is 0.417. The monoisotopic (exact) mass is 205 g/mol. The quantitative estimate of drug-likeness (QED) is 0.796. The van der Waals surface area contributed by atoms with Gasteiger partial charge in [0, 0.05) is 12.1 Å². The van der Waals surface area contributed by atoms with Crippen molar-refractivity contribution >= 4 is 11.6 Å². The van der Waals surface area contributed by atoms with Crippen molar-refractivity contribution in [1.29, 1.82) is 0 Å². The molecule has 0 saturated carbocycles. The van der Waals surface area contributed by atoms with Crippen LogP contribution in [0.15, 0.2) is 30.3 Å². The van der Waals surface area contributed by atoms with Crippen molar-refractivity contribution in [3.8, 4) is 0 Å². The molecule has 0 aliphatic carbocycles. The van der Waals surface area contributed by atoms with E-state index in [1.807, 2.05) is 30.3 Å². The molecule has 15 heavy (non-hydrogen) atoms. The third kappa shape index (κ3) is 2.02. The molecule has 1 amide bonds. The molecule has 1 N–H and O–H groups in total. The first-order valence-electron chi connectivity index (χ1n) is 5.31. The molecule has 0 bridgehead atoms. The van der Waals surface area contributed by atoms with Gasteiger partial charge in [-0.1, -0.05) is 18.2 Å². The highest BCUT2D eigenvalue weighted by molar-refractivity contribution is 5.94. The Morgan fingerprint density at radius 3 is 2.73 bits per heavy atom. The number of rotatable bonds is 2. The number of carbonyl (C=O) groups excluding carboxylic acids is 1.